The van der Waals surface area contributed by atoms with Gasteiger partial charge in [-0.25, -0.2) is 4.39 Å². The molecule has 158 valence electrons. The Balaban J connectivity index is 1.46. The number of hydrogen-bond acceptors (Lipinski definition) is 4. The Hall–Kier alpha value is -3.51. The Morgan fingerprint density at radius 2 is 1.81 bits per heavy atom. The van der Waals surface area contributed by atoms with Gasteiger partial charge in [-0.3, -0.25) is 4.40 Å². The van der Waals surface area contributed by atoms with Crippen molar-refractivity contribution in [2.24, 2.45) is 0 Å². The highest BCUT2D eigenvalue weighted by Crippen LogP contribution is 2.41. The predicted molar refractivity (Wildman–Crippen MR) is 125 cm³/mol. The number of nitrogens with zero attached hydrogens (tertiary/aromatic N) is 5. The largest absolute Gasteiger partial charge is 0.329 e. The number of fused-ring (bicyclic) bond motifs is 3. The van der Waals surface area contributed by atoms with Crippen molar-refractivity contribution in [1.29, 1.82) is 0 Å². The average Bonchev–Trinajstić information content (AvgIpc) is 3.54. The lowest BCUT2D eigenvalue weighted by Gasteiger charge is -2.21. The number of halogens is 2. The van der Waals surface area contributed by atoms with Crippen molar-refractivity contribution in [2.75, 3.05) is 11.9 Å². The first-order valence-electron chi connectivity index (χ1n) is 10.5. The van der Waals surface area contributed by atoms with Crippen LogP contribution in [0.3, 0.4) is 0 Å². The molecule has 0 radical (unpaired) electrons. The minimum absolute atomic E-state index is 0.300. The summed E-state index contributed by atoms with van der Waals surface area (Å²) in [7, 11) is 1.87. The fourth-order valence-corrected chi connectivity index (χ4v) is 4.37. The van der Waals surface area contributed by atoms with Gasteiger partial charge in [0.1, 0.15) is 18.0 Å². The number of benzene rings is 3. The van der Waals surface area contributed by atoms with E-state index in [-0.39, 0.29) is 5.82 Å². The Morgan fingerprint density at radius 3 is 2.59 bits per heavy atom. The van der Waals surface area contributed by atoms with E-state index in [2.05, 4.69) is 39.4 Å². The summed E-state index contributed by atoms with van der Waals surface area (Å²) in [5, 5.41) is 9.55. The normalized spacial score (nSPS) is 13.7. The molecule has 0 aliphatic heterocycles. The first-order chi connectivity index (χ1) is 15.6. The third kappa shape index (κ3) is 3.28. The molecule has 0 spiro atoms. The van der Waals surface area contributed by atoms with Crippen LogP contribution in [0.1, 0.15) is 24.3 Å². The van der Waals surface area contributed by atoms with Gasteiger partial charge in [-0.15, -0.1) is 10.2 Å². The van der Waals surface area contributed by atoms with Gasteiger partial charge in [0.25, 0.3) is 5.78 Å². The van der Waals surface area contributed by atoms with E-state index in [4.69, 9.17) is 11.6 Å². The van der Waals surface area contributed by atoms with Gasteiger partial charge in [-0.2, -0.15) is 4.98 Å². The molecule has 0 atom stereocenters. The van der Waals surface area contributed by atoms with Crippen molar-refractivity contribution < 1.29 is 4.39 Å². The molecule has 7 heteroatoms. The maximum Gasteiger partial charge on any atom is 0.257 e. The van der Waals surface area contributed by atoms with Crippen molar-refractivity contribution in [1.82, 2.24) is 19.6 Å². The zero-order valence-corrected chi connectivity index (χ0v) is 18.1. The smallest absolute Gasteiger partial charge is 0.257 e. The van der Waals surface area contributed by atoms with Gasteiger partial charge in [0.15, 0.2) is 0 Å². The predicted octanol–water partition coefficient (Wildman–Crippen LogP) is 6.38. The molecule has 0 amide bonds. The van der Waals surface area contributed by atoms with Crippen molar-refractivity contribution in [3.05, 3.63) is 83.4 Å². The fourth-order valence-electron chi connectivity index (χ4n) is 4.20. The fraction of sp³-hybridized carbons (Fsp3) is 0.160. The molecule has 6 rings (SSSR count). The highest BCUT2D eigenvalue weighted by Gasteiger charge is 2.23. The Kier molecular flexibility index (Phi) is 4.36. The van der Waals surface area contributed by atoms with E-state index < -0.39 is 0 Å². The standard InChI is InChI=1S/C25H19ClFN5/c1-31(24-22-9-8-19(26)12-23(22)32-14-28-30-25(32)29-24)21-11-18(10-20(27)13-21)17-6-4-16(5-7-17)15-2-3-15/h4-15H,2-3H2,1H3. The monoisotopic (exact) mass is 443 g/mol. The first kappa shape index (κ1) is 19.2. The number of anilines is 2. The molecule has 32 heavy (non-hydrogen) atoms. The second-order valence-electron chi connectivity index (χ2n) is 8.25. The zero-order chi connectivity index (χ0) is 21.8. The summed E-state index contributed by atoms with van der Waals surface area (Å²) in [6.45, 7) is 0. The van der Waals surface area contributed by atoms with E-state index in [1.54, 1.807) is 16.8 Å². The van der Waals surface area contributed by atoms with E-state index >= 15 is 0 Å². The van der Waals surface area contributed by atoms with Crippen LogP contribution in [-0.2, 0) is 0 Å². The highest BCUT2D eigenvalue weighted by molar-refractivity contribution is 6.31. The number of rotatable bonds is 4. The van der Waals surface area contributed by atoms with Crippen LogP contribution in [0.15, 0.2) is 67.0 Å². The summed E-state index contributed by atoms with van der Waals surface area (Å²) in [5.41, 5.74) is 4.70. The summed E-state index contributed by atoms with van der Waals surface area (Å²) in [5.74, 6) is 1.50. The minimum Gasteiger partial charge on any atom is -0.329 e. The van der Waals surface area contributed by atoms with Gasteiger partial charge < -0.3 is 4.90 Å². The summed E-state index contributed by atoms with van der Waals surface area (Å²) in [6.07, 6.45) is 4.13. The van der Waals surface area contributed by atoms with Crippen molar-refractivity contribution in [3.63, 3.8) is 0 Å². The Labute approximate surface area is 189 Å². The molecule has 0 N–H and O–H groups in total. The lowest BCUT2D eigenvalue weighted by Crippen LogP contribution is -2.13. The van der Waals surface area contributed by atoms with Crippen LogP contribution in [0.5, 0.6) is 0 Å². The molecular formula is C25H19ClFN5. The molecule has 5 nitrogen and oxygen atoms in total. The molecule has 1 saturated carbocycles. The van der Waals surface area contributed by atoms with Gasteiger partial charge in [0.05, 0.1) is 5.52 Å². The molecule has 1 aliphatic carbocycles. The van der Waals surface area contributed by atoms with Crippen LogP contribution < -0.4 is 4.90 Å². The molecule has 3 aromatic carbocycles. The Bertz CT molecular complexity index is 1470. The van der Waals surface area contributed by atoms with Crippen molar-refractivity contribution in [3.8, 4) is 11.1 Å². The van der Waals surface area contributed by atoms with Gasteiger partial charge in [0, 0.05) is 23.1 Å². The van der Waals surface area contributed by atoms with Gasteiger partial charge in [-0.1, -0.05) is 35.9 Å². The topological polar surface area (TPSA) is 46.3 Å². The minimum atomic E-state index is -0.300. The summed E-state index contributed by atoms with van der Waals surface area (Å²) in [4.78, 5) is 6.56. The molecule has 1 fully saturated rings. The second kappa shape index (κ2) is 7.28. The SMILES string of the molecule is CN(c1cc(F)cc(-c2ccc(C3CC3)cc2)c1)c1nc2nncn2c2cc(Cl)ccc12. The molecule has 5 aromatic rings. The third-order valence-electron chi connectivity index (χ3n) is 6.08. The Morgan fingerprint density at radius 1 is 1.00 bits per heavy atom. The van der Waals surface area contributed by atoms with E-state index in [1.807, 2.05) is 36.2 Å². The maximum absolute atomic E-state index is 14.7. The lowest BCUT2D eigenvalue weighted by atomic mass is 10.0. The van der Waals surface area contributed by atoms with E-state index in [9.17, 15) is 4.39 Å². The number of aromatic nitrogens is 4. The molecule has 0 saturated heterocycles. The molecule has 2 aromatic heterocycles. The maximum atomic E-state index is 14.7. The van der Waals surface area contributed by atoms with Crippen LogP contribution in [0.4, 0.5) is 15.9 Å². The second-order valence-corrected chi connectivity index (χ2v) is 8.69. The molecule has 0 bridgehead atoms. The third-order valence-corrected chi connectivity index (χ3v) is 6.31. The van der Waals surface area contributed by atoms with Crippen molar-refractivity contribution >= 4 is 39.8 Å². The van der Waals surface area contributed by atoms with Crippen LogP contribution in [0.25, 0.3) is 27.8 Å². The van der Waals surface area contributed by atoms with Crippen LogP contribution in [-0.4, -0.2) is 26.6 Å². The van der Waals surface area contributed by atoms with Gasteiger partial charge in [-0.05, 0) is 71.8 Å². The van der Waals surface area contributed by atoms with Gasteiger partial charge in [0.2, 0.25) is 0 Å². The molecular weight excluding hydrogens is 425 g/mol. The molecule has 1 aliphatic rings. The van der Waals surface area contributed by atoms with Crippen LogP contribution >= 0.6 is 11.6 Å². The first-order valence-corrected chi connectivity index (χ1v) is 10.9. The summed E-state index contributed by atoms with van der Waals surface area (Å²) < 4.78 is 16.5. The van der Waals surface area contributed by atoms with E-state index in [1.165, 1.54) is 24.5 Å². The van der Waals surface area contributed by atoms with Crippen molar-refractivity contribution in [2.45, 2.75) is 18.8 Å². The summed E-state index contributed by atoms with van der Waals surface area (Å²) >= 11 is 6.24. The summed E-state index contributed by atoms with van der Waals surface area (Å²) in [6, 6.07) is 19.1. The zero-order valence-electron chi connectivity index (χ0n) is 17.3. The number of hydrogen-bond donors (Lipinski definition) is 0. The van der Waals surface area contributed by atoms with Crippen LogP contribution in [0.2, 0.25) is 5.02 Å². The highest BCUT2D eigenvalue weighted by atomic mass is 35.5. The quantitative estimate of drug-likeness (QED) is 0.323. The van der Waals surface area contributed by atoms with Gasteiger partial charge >= 0.3 is 0 Å². The van der Waals surface area contributed by atoms with Crippen LogP contribution in [0, 0.1) is 5.82 Å². The van der Waals surface area contributed by atoms with E-state index in [0.29, 0.717) is 28.2 Å². The molecule has 0 unspecified atom stereocenters. The lowest BCUT2D eigenvalue weighted by molar-refractivity contribution is 0.628. The van der Waals surface area contributed by atoms with E-state index in [0.717, 1.165) is 22.0 Å². The average molecular weight is 444 g/mol. The molecule has 2 heterocycles.